The van der Waals surface area contributed by atoms with Crippen LogP contribution in [-0.4, -0.2) is 24.4 Å². The smallest absolute Gasteiger partial charge is 0.321 e. The van der Waals surface area contributed by atoms with Crippen molar-refractivity contribution in [3.8, 4) is 0 Å². The molecule has 0 aliphatic carbocycles. The Hall–Kier alpha value is -0.770. The molecule has 5 heteroatoms. The van der Waals surface area contributed by atoms with E-state index in [1.165, 1.54) is 0 Å². The normalized spacial score (nSPS) is 9.85. The highest BCUT2D eigenvalue weighted by Gasteiger charge is 2.06. The van der Waals surface area contributed by atoms with E-state index in [1.54, 1.807) is 0 Å². The standard InChI is InChI=1S/C8H15ClN2O2/c1-6(2)5-10-8(13)11-7(12)3-4-9/h6H,3-5H2,1-2H3,(H2,10,11,12,13). The molecule has 0 atom stereocenters. The van der Waals surface area contributed by atoms with Crippen molar-refractivity contribution in [3.63, 3.8) is 0 Å². The number of nitrogens with one attached hydrogen (secondary N) is 2. The third-order valence-electron chi connectivity index (χ3n) is 1.25. The number of carbonyl (C=O) groups excluding carboxylic acids is 2. The van der Waals surface area contributed by atoms with Crippen molar-refractivity contribution >= 4 is 23.5 Å². The molecule has 0 fully saturated rings. The summed E-state index contributed by atoms with van der Waals surface area (Å²) in [5, 5.41) is 4.72. The van der Waals surface area contributed by atoms with Crippen LogP contribution in [0.3, 0.4) is 0 Å². The maximum atomic E-state index is 10.9. The van der Waals surface area contributed by atoms with Crippen molar-refractivity contribution < 1.29 is 9.59 Å². The van der Waals surface area contributed by atoms with Gasteiger partial charge in [-0.15, -0.1) is 11.6 Å². The van der Waals surface area contributed by atoms with E-state index < -0.39 is 6.03 Å². The van der Waals surface area contributed by atoms with Crippen molar-refractivity contribution in [1.29, 1.82) is 0 Å². The zero-order chi connectivity index (χ0) is 10.3. The minimum Gasteiger partial charge on any atom is -0.338 e. The highest BCUT2D eigenvalue weighted by atomic mass is 35.5. The fraction of sp³-hybridized carbons (Fsp3) is 0.750. The monoisotopic (exact) mass is 206 g/mol. The van der Waals surface area contributed by atoms with Crippen LogP contribution in [0, 0.1) is 5.92 Å². The molecule has 0 aromatic rings. The van der Waals surface area contributed by atoms with Gasteiger partial charge in [0.25, 0.3) is 0 Å². The summed E-state index contributed by atoms with van der Waals surface area (Å²) in [6, 6.07) is -0.455. The molecular weight excluding hydrogens is 192 g/mol. The molecule has 76 valence electrons. The Balaban J connectivity index is 3.56. The molecule has 0 spiro atoms. The maximum Gasteiger partial charge on any atom is 0.321 e. The molecule has 0 aromatic carbocycles. The number of urea groups is 1. The van der Waals surface area contributed by atoms with Gasteiger partial charge in [-0.3, -0.25) is 10.1 Å². The molecule has 0 saturated carbocycles. The van der Waals surface area contributed by atoms with Crippen LogP contribution in [0.15, 0.2) is 0 Å². The van der Waals surface area contributed by atoms with E-state index >= 15 is 0 Å². The number of carbonyl (C=O) groups is 2. The average molecular weight is 207 g/mol. The van der Waals surface area contributed by atoms with Crippen molar-refractivity contribution in [1.82, 2.24) is 10.6 Å². The molecule has 3 amide bonds. The van der Waals surface area contributed by atoms with E-state index in [9.17, 15) is 9.59 Å². The topological polar surface area (TPSA) is 58.2 Å². The van der Waals surface area contributed by atoms with Gasteiger partial charge in [0, 0.05) is 18.8 Å². The largest absolute Gasteiger partial charge is 0.338 e. The number of hydrogen-bond acceptors (Lipinski definition) is 2. The Bertz CT molecular complexity index is 183. The van der Waals surface area contributed by atoms with Gasteiger partial charge in [0.05, 0.1) is 0 Å². The average Bonchev–Trinajstić information content (AvgIpc) is 2.01. The van der Waals surface area contributed by atoms with Crippen molar-refractivity contribution in [2.24, 2.45) is 5.92 Å². The van der Waals surface area contributed by atoms with E-state index in [2.05, 4.69) is 10.6 Å². The molecule has 0 radical (unpaired) electrons. The number of halogens is 1. The zero-order valence-electron chi connectivity index (χ0n) is 7.89. The lowest BCUT2D eigenvalue weighted by atomic mass is 10.2. The molecule has 0 unspecified atom stereocenters. The van der Waals surface area contributed by atoms with E-state index in [-0.39, 0.29) is 18.2 Å². The summed E-state index contributed by atoms with van der Waals surface area (Å²) in [4.78, 5) is 21.8. The second-order valence-electron chi connectivity index (χ2n) is 3.09. The minimum atomic E-state index is -0.455. The van der Waals surface area contributed by atoms with Crippen molar-refractivity contribution in [2.45, 2.75) is 20.3 Å². The molecular formula is C8H15ClN2O2. The van der Waals surface area contributed by atoms with Gasteiger partial charge in [-0.2, -0.15) is 0 Å². The second-order valence-corrected chi connectivity index (χ2v) is 3.47. The van der Waals surface area contributed by atoms with Gasteiger partial charge in [-0.25, -0.2) is 4.79 Å². The van der Waals surface area contributed by atoms with E-state index in [0.717, 1.165) is 0 Å². The fourth-order valence-electron chi connectivity index (χ4n) is 0.616. The predicted molar refractivity (Wildman–Crippen MR) is 51.7 cm³/mol. The first kappa shape index (κ1) is 12.2. The molecule has 2 N–H and O–H groups in total. The van der Waals surface area contributed by atoms with Crippen LogP contribution in [0.2, 0.25) is 0 Å². The van der Waals surface area contributed by atoms with Gasteiger partial charge < -0.3 is 5.32 Å². The van der Waals surface area contributed by atoms with E-state index in [1.807, 2.05) is 13.8 Å². The molecule has 4 nitrogen and oxygen atoms in total. The summed E-state index contributed by atoms with van der Waals surface area (Å²) < 4.78 is 0. The molecule has 0 saturated heterocycles. The summed E-state index contributed by atoms with van der Waals surface area (Å²) in [6.07, 6.45) is 0.163. The lowest BCUT2D eigenvalue weighted by molar-refractivity contribution is -0.119. The Morgan fingerprint density at radius 1 is 1.38 bits per heavy atom. The highest BCUT2D eigenvalue weighted by Crippen LogP contribution is 1.87. The van der Waals surface area contributed by atoms with Crippen LogP contribution in [0.25, 0.3) is 0 Å². The van der Waals surface area contributed by atoms with Crippen LogP contribution in [0.1, 0.15) is 20.3 Å². The predicted octanol–water partition coefficient (Wildman–Crippen LogP) is 1.10. The maximum absolute atomic E-state index is 10.9. The third kappa shape index (κ3) is 7.59. The first-order valence-corrected chi connectivity index (χ1v) is 4.73. The summed E-state index contributed by atoms with van der Waals surface area (Å²) >= 11 is 5.31. The van der Waals surface area contributed by atoms with Gasteiger partial charge in [0.15, 0.2) is 0 Å². The van der Waals surface area contributed by atoms with E-state index in [0.29, 0.717) is 12.5 Å². The fourth-order valence-corrected chi connectivity index (χ4v) is 0.788. The summed E-state index contributed by atoms with van der Waals surface area (Å²) in [5.74, 6) is 0.244. The van der Waals surface area contributed by atoms with Gasteiger partial charge >= 0.3 is 6.03 Å². The SMILES string of the molecule is CC(C)CNC(=O)NC(=O)CCCl. The van der Waals surface area contributed by atoms with Gasteiger partial charge in [-0.05, 0) is 5.92 Å². The molecule has 0 rings (SSSR count). The quantitative estimate of drug-likeness (QED) is 0.677. The van der Waals surface area contributed by atoms with Crippen LogP contribution in [-0.2, 0) is 4.79 Å². The van der Waals surface area contributed by atoms with Crippen LogP contribution < -0.4 is 10.6 Å². The Kier molecular flexibility index (Phi) is 6.32. The summed E-state index contributed by atoms with van der Waals surface area (Å²) in [5.41, 5.74) is 0. The molecule has 0 bridgehead atoms. The van der Waals surface area contributed by atoms with Gasteiger partial charge in [-0.1, -0.05) is 13.8 Å². The van der Waals surface area contributed by atoms with Crippen LogP contribution >= 0.6 is 11.6 Å². The van der Waals surface area contributed by atoms with Gasteiger partial charge in [0.1, 0.15) is 0 Å². The molecule has 13 heavy (non-hydrogen) atoms. The Morgan fingerprint density at radius 2 is 2.00 bits per heavy atom. The Labute approximate surface area is 83.0 Å². The number of imide groups is 1. The molecule has 0 heterocycles. The third-order valence-corrected chi connectivity index (χ3v) is 1.43. The number of alkyl halides is 1. The highest BCUT2D eigenvalue weighted by molar-refractivity contribution is 6.19. The first-order valence-electron chi connectivity index (χ1n) is 4.20. The first-order chi connectivity index (χ1) is 6.06. The lowest BCUT2D eigenvalue weighted by Crippen LogP contribution is -2.40. The van der Waals surface area contributed by atoms with E-state index in [4.69, 9.17) is 11.6 Å². The van der Waals surface area contributed by atoms with Gasteiger partial charge in [0.2, 0.25) is 5.91 Å². The molecule has 0 aliphatic heterocycles. The second kappa shape index (κ2) is 6.71. The van der Waals surface area contributed by atoms with Crippen LogP contribution in [0.5, 0.6) is 0 Å². The number of amides is 3. The molecule has 0 aromatic heterocycles. The molecule has 0 aliphatic rings. The minimum absolute atomic E-state index is 0.163. The summed E-state index contributed by atoms with van der Waals surface area (Å²) in [7, 11) is 0. The zero-order valence-corrected chi connectivity index (χ0v) is 8.65. The summed E-state index contributed by atoms with van der Waals surface area (Å²) in [6.45, 7) is 4.50. The van der Waals surface area contributed by atoms with Crippen molar-refractivity contribution in [3.05, 3.63) is 0 Å². The number of rotatable bonds is 4. The van der Waals surface area contributed by atoms with Crippen molar-refractivity contribution in [2.75, 3.05) is 12.4 Å². The van der Waals surface area contributed by atoms with Crippen LogP contribution in [0.4, 0.5) is 4.79 Å². The lowest BCUT2D eigenvalue weighted by Gasteiger charge is -2.07. The Morgan fingerprint density at radius 3 is 2.46 bits per heavy atom. The number of hydrogen-bond donors (Lipinski definition) is 2.